The monoisotopic (exact) mass is 305 g/mol. The quantitative estimate of drug-likeness (QED) is 0.761. The van der Waals surface area contributed by atoms with E-state index in [1.807, 2.05) is 5.51 Å². The lowest BCUT2D eigenvalue weighted by molar-refractivity contribution is 0.199. The van der Waals surface area contributed by atoms with E-state index >= 15 is 0 Å². The minimum absolute atomic E-state index is 0.732. The van der Waals surface area contributed by atoms with Crippen molar-refractivity contribution in [1.82, 2.24) is 10.3 Å². The maximum absolute atomic E-state index is 5.07. The summed E-state index contributed by atoms with van der Waals surface area (Å²) < 4.78 is 5.07. The van der Waals surface area contributed by atoms with Crippen molar-refractivity contribution in [3.05, 3.63) is 45.9 Å². The summed E-state index contributed by atoms with van der Waals surface area (Å²) in [5.74, 6) is 0. The van der Waals surface area contributed by atoms with Crippen LogP contribution in [0.1, 0.15) is 16.8 Å². The van der Waals surface area contributed by atoms with Gasteiger partial charge >= 0.3 is 0 Å². The van der Waals surface area contributed by atoms with E-state index in [-0.39, 0.29) is 0 Å². The van der Waals surface area contributed by atoms with Gasteiger partial charge in [0.2, 0.25) is 0 Å². The maximum atomic E-state index is 5.07. The predicted molar refractivity (Wildman–Crippen MR) is 89.0 cm³/mol. The molecule has 2 aromatic rings. The normalized spacial score (nSPS) is 10.8. The number of aromatic nitrogens is 1. The molecule has 0 aliphatic rings. The van der Waals surface area contributed by atoms with Crippen LogP contribution in [0.4, 0.5) is 5.69 Å². The largest absolute Gasteiger partial charge is 0.383 e. The zero-order chi connectivity index (χ0) is 15.1. The lowest BCUT2D eigenvalue weighted by atomic mass is 10.1. The van der Waals surface area contributed by atoms with Crippen molar-refractivity contribution in [3.8, 4) is 0 Å². The molecule has 4 nitrogen and oxygen atoms in total. The van der Waals surface area contributed by atoms with Crippen LogP contribution in [0.15, 0.2) is 29.1 Å². The average molecular weight is 305 g/mol. The highest BCUT2D eigenvalue weighted by molar-refractivity contribution is 7.07. The number of nitrogens with one attached hydrogen (secondary N) is 1. The van der Waals surface area contributed by atoms with Gasteiger partial charge in [-0.15, -0.1) is 11.3 Å². The summed E-state index contributed by atoms with van der Waals surface area (Å²) in [6.07, 6.45) is 0. The first-order chi connectivity index (χ1) is 10.2. The molecule has 0 bridgehead atoms. The van der Waals surface area contributed by atoms with Gasteiger partial charge in [-0.3, -0.25) is 0 Å². The van der Waals surface area contributed by atoms with E-state index in [1.165, 1.54) is 16.8 Å². The van der Waals surface area contributed by atoms with Gasteiger partial charge in [0.05, 0.1) is 24.4 Å². The molecule has 0 spiro atoms. The fourth-order valence-corrected chi connectivity index (χ4v) is 2.82. The van der Waals surface area contributed by atoms with Gasteiger partial charge in [0.15, 0.2) is 0 Å². The first-order valence-electron chi connectivity index (χ1n) is 7.08. The van der Waals surface area contributed by atoms with Crippen LogP contribution in [0.5, 0.6) is 0 Å². The van der Waals surface area contributed by atoms with Gasteiger partial charge < -0.3 is 15.0 Å². The first-order valence-corrected chi connectivity index (χ1v) is 8.02. The fourth-order valence-electron chi connectivity index (χ4n) is 2.27. The highest BCUT2D eigenvalue weighted by Gasteiger charge is 2.09. The summed E-state index contributed by atoms with van der Waals surface area (Å²) in [7, 11) is 3.84. The molecule has 0 aliphatic carbocycles. The number of methoxy groups -OCH3 is 1. The number of aryl methyl sites for hydroxylation is 1. The van der Waals surface area contributed by atoms with E-state index in [0.29, 0.717) is 0 Å². The molecule has 1 aromatic carbocycles. The zero-order valence-corrected chi connectivity index (χ0v) is 13.7. The molecule has 0 aliphatic heterocycles. The molecule has 1 heterocycles. The standard InChI is InChI=1S/C16H23N3OS/c1-13-4-5-16(14(8-13)9-17-6-7-20-3)19(2)10-15-11-21-12-18-15/h4-5,8,11-12,17H,6-7,9-10H2,1-3H3. The van der Waals surface area contributed by atoms with E-state index in [4.69, 9.17) is 4.74 Å². The number of thiazole rings is 1. The molecule has 2 rings (SSSR count). The molecule has 0 atom stereocenters. The van der Waals surface area contributed by atoms with Crippen molar-refractivity contribution in [2.75, 3.05) is 32.2 Å². The van der Waals surface area contributed by atoms with Crippen molar-refractivity contribution < 1.29 is 4.74 Å². The third-order valence-corrected chi connectivity index (χ3v) is 3.96. The number of ether oxygens (including phenoxy) is 1. The van der Waals surface area contributed by atoms with Crippen molar-refractivity contribution in [1.29, 1.82) is 0 Å². The molecule has 114 valence electrons. The van der Waals surface area contributed by atoms with E-state index in [2.05, 4.69) is 52.8 Å². The molecule has 0 unspecified atom stereocenters. The molecule has 0 radical (unpaired) electrons. The fraction of sp³-hybridized carbons (Fsp3) is 0.438. The SMILES string of the molecule is COCCNCc1cc(C)ccc1N(C)Cc1cscn1. The summed E-state index contributed by atoms with van der Waals surface area (Å²) in [4.78, 5) is 6.61. The third kappa shape index (κ3) is 4.81. The second kappa shape index (κ2) is 8.12. The highest BCUT2D eigenvalue weighted by atomic mass is 32.1. The Kier molecular flexibility index (Phi) is 6.17. The molecule has 5 heteroatoms. The van der Waals surface area contributed by atoms with Crippen molar-refractivity contribution >= 4 is 17.0 Å². The lowest BCUT2D eigenvalue weighted by Gasteiger charge is -2.22. The number of rotatable bonds is 8. The van der Waals surface area contributed by atoms with Gasteiger partial charge in [-0.1, -0.05) is 17.7 Å². The van der Waals surface area contributed by atoms with Gasteiger partial charge in [-0.05, 0) is 18.6 Å². The molecule has 1 aromatic heterocycles. The predicted octanol–water partition coefficient (Wildman–Crippen LogP) is 2.82. The van der Waals surface area contributed by atoms with Crippen LogP contribution < -0.4 is 10.2 Å². The van der Waals surface area contributed by atoms with Crippen LogP contribution in [-0.2, 0) is 17.8 Å². The molecular formula is C16H23N3OS. The number of benzene rings is 1. The average Bonchev–Trinajstić information content (AvgIpc) is 2.96. The molecule has 0 saturated carbocycles. The number of hydrogen-bond acceptors (Lipinski definition) is 5. The van der Waals surface area contributed by atoms with Crippen LogP contribution in [0.25, 0.3) is 0 Å². The number of anilines is 1. The molecular weight excluding hydrogens is 282 g/mol. The Morgan fingerprint density at radius 1 is 1.38 bits per heavy atom. The Bertz CT molecular complexity index is 542. The Labute approximate surface area is 130 Å². The van der Waals surface area contributed by atoms with Crippen molar-refractivity contribution in [2.45, 2.75) is 20.0 Å². The van der Waals surface area contributed by atoms with E-state index < -0.39 is 0 Å². The minimum Gasteiger partial charge on any atom is -0.383 e. The first kappa shape index (κ1) is 15.9. The van der Waals surface area contributed by atoms with Gasteiger partial charge in [-0.2, -0.15) is 0 Å². The summed E-state index contributed by atoms with van der Waals surface area (Å²) in [5.41, 5.74) is 6.83. The van der Waals surface area contributed by atoms with Crippen LogP contribution >= 0.6 is 11.3 Å². The van der Waals surface area contributed by atoms with Crippen molar-refractivity contribution in [2.24, 2.45) is 0 Å². The van der Waals surface area contributed by atoms with Crippen LogP contribution in [0.3, 0.4) is 0 Å². The van der Waals surface area contributed by atoms with Crippen LogP contribution in [-0.4, -0.2) is 32.3 Å². The zero-order valence-electron chi connectivity index (χ0n) is 12.9. The highest BCUT2D eigenvalue weighted by Crippen LogP contribution is 2.22. The van der Waals surface area contributed by atoms with Crippen LogP contribution in [0.2, 0.25) is 0 Å². The molecule has 1 N–H and O–H groups in total. The number of nitrogens with zero attached hydrogens (tertiary/aromatic N) is 2. The summed E-state index contributed by atoms with van der Waals surface area (Å²) >= 11 is 1.64. The Morgan fingerprint density at radius 3 is 2.95 bits per heavy atom. The van der Waals surface area contributed by atoms with Crippen LogP contribution in [0, 0.1) is 6.92 Å². The number of hydrogen-bond donors (Lipinski definition) is 1. The van der Waals surface area contributed by atoms with Gasteiger partial charge in [-0.25, -0.2) is 4.98 Å². The molecule has 0 amide bonds. The van der Waals surface area contributed by atoms with E-state index in [1.54, 1.807) is 18.4 Å². The molecule has 0 saturated heterocycles. The molecule has 21 heavy (non-hydrogen) atoms. The molecule has 0 fully saturated rings. The Balaban J connectivity index is 2.06. The van der Waals surface area contributed by atoms with Gasteiger partial charge in [0.1, 0.15) is 0 Å². The smallest absolute Gasteiger partial charge is 0.0795 e. The van der Waals surface area contributed by atoms with Gasteiger partial charge in [0, 0.05) is 38.3 Å². The second-order valence-corrected chi connectivity index (χ2v) is 5.86. The van der Waals surface area contributed by atoms with E-state index in [0.717, 1.165) is 31.9 Å². The lowest BCUT2D eigenvalue weighted by Crippen LogP contribution is -2.22. The topological polar surface area (TPSA) is 37.4 Å². The Hall–Kier alpha value is -1.43. The van der Waals surface area contributed by atoms with Crippen molar-refractivity contribution in [3.63, 3.8) is 0 Å². The second-order valence-electron chi connectivity index (χ2n) is 5.14. The van der Waals surface area contributed by atoms with Gasteiger partial charge in [0.25, 0.3) is 0 Å². The Morgan fingerprint density at radius 2 is 2.24 bits per heavy atom. The van der Waals surface area contributed by atoms with E-state index in [9.17, 15) is 0 Å². The maximum Gasteiger partial charge on any atom is 0.0795 e. The summed E-state index contributed by atoms with van der Waals surface area (Å²) in [6, 6.07) is 6.59. The summed E-state index contributed by atoms with van der Waals surface area (Å²) in [5, 5.41) is 5.52. The third-order valence-electron chi connectivity index (χ3n) is 3.33. The summed E-state index contributed by atoms with van der Waals surface area (Å²) in [6.45, 7) is 5.40. The minimum atomic E-state index is 0.732.